The van der Waals surface area contributed by atoms with Gasteiger partial charge < -0.3 is 10.1 Å². The third-order valence-electron chi connectivity index (χ3n) is 1.98. The van der Waals surface area contributed by atoms with Crippen molar-refractivity contribution in [1.82, 2.24) is 0 Å². The highest BCUT2D eigenvalue weighted by Crippen LogP contribution is 2.11. The van der Waals surface area contributed by atoms with Crippen molar-refractivity contribution < 1.29 is 9.53 Å². The fourth-order valence-electron chi connectivity index (χ4n) is 1.35. The predicted octanol–water partition coefficient (Wildman–Crippen LogP) is 2.87. The van der Waals surface area contributed by atoms with Crippen molar-refractivity contribution in [2.75, 3.05) is 11.9 Å². The molecule has 0 atom stereocenters. The van der Waals surface area contributed by atoms with Crippen molar-refractivity contribution in [2.24, 2.45) is 0 Å². The van der Waals surface area contributed by atoms with Crippen molar-refractivity contribution >= 4 is 11.7 Å². The molecule has 1 aromatic rings. The normalized spacial score (nSPS) is 11.1. The highest BCUT2D eigenvalue weighted by Gasteiger charge is 1.98. The molecule has 0 unspecified atom stereocenters. The molecule has 0 saturated carbocycles. The van der Waals surface area contributed by atoms with Gasteiger partial charge in [-0.3, -0.25) is 0 Å². The Kier molecular flexibility index (Phi) is 4.58. The minimum Gasteiger partial charge on any atom is -0.463 e. The maximum absolute atomic E-state index is 11.2. The number of rotatable bonds is 4. The van der Waals surface area contributed by atoms with Gasteiger partial charge in [0.25, 0.3) is 0 Å². The zero-order chi connectivity index (χ0) is 12.0. The lowest BCUT2D eigenvalue weighted by molar-refractivity contribution is -0.137. The molecule has 3 heteroatoms. The SMILES string of the molecule is CCOC(=O)C=C(C)Nc1cccc(C)c1. The molecule has 16 heavy (non-hydrogen) atoms. The molecular formula is C13H17NO2. The number of esters is 1. The van der Waals surface area contributed by atoms with E-state index in [0.29, 0.717) is 6.61 Å². The second-order valence-electron chi connectivity index (χ2n) is 3.57. The first kappa shape index (κ1) is 12.3. The molecule has 0 bridgehead atoms. The van der Waals surface area contributed by atoms with E-state index >= 15 is 0 Å². The molecule has 0 aliphatic carbocycles. The van der Waals surface area contributed by atoms with Gasteiger partial charge in [-0.25, -0.2) is 4.79 Å². The summed E-state index contributed by atoms with van der Waals surface area (Å²) in [6.45, 7) is 6.04. The summed E-state index contributed by atoms with van der Waals surface area (Å²) in [5.74, 6) is -0.319. The first-order chi connectivity index (χ1) is 7.61. The van der Waals surface area contributed by atoms with Gasteiger partial charge in [0.15, 0.2) is 0 Å². The summed E-state index contributed by atoms with van der Waals surface area (Å²) in [6.07, 6.45) is 1.45. The van der Waals surface area contributed by atoms with Gasteiger partial charge in [-0.05, 0) is 38.5 Å². The Bertz CT molecular complexity index is 397. The number of carbonyl (C=O) groups is 1. The van der Waals surface area contributed by atoms with E-state index < -0.39 is 0 Å². The summed E-state index contributed by atoms with van der Waals surface area (Å²) >= 11 is 0. The van der Waals surface area contributed by atoms with Crippen LogP contribution < -0.4 is 5.32 Å². The first-order valence-electron chi connectivity index (χ1n) is 5.30. The van der Waals surface area contributed by atoms with E-state index in [4.69, 9.17) is 4.74 Å². The average molecular weight is 219 g/mol. The molecule has 86 valence electrons. The van der Waals surface area contributed by atoms with Gasteiger partial charge in [-0.15, -0.1) is 0 Å². The van der Waals surface area contributed by atoms with Crippen LogP contribution in [-0.2, 0) is 9.53 Å². The lowest BCUT2D eigenvalue weighted by atomic mass is 10.2. The van der Waals surface area contributed by atoms with Crippen LogP contribution in [0.15, 0.2) is 36.0 Å². The molecule has 0 saturated heterocycles. The zero-order valence-electron chi connectivity index (χ0n) is 9.91. The van der Waals surface area contributed by atoms with Crippen LogP contribution in [0.4, 0.5) is 5.69 Å². The number of hydrogen-bond donors (Lipinski definition) is 1. The van der Waals surface area contributed by atoms with Gasteiger partial charge >= 0.3 is 5.97 Å². The zero-order valence-corrected chi connectivity index (χ0v) is 9.91. The minimum atomic E-state index is -0.319. The third kappa shape index (κ3) is 4.17. The van der Waals surface area contributed by atoms with E-state index in [1.807, 2.05) is 38.1 Å². The highest BCUT2D eigenvalue weighted by molar-refractivity contribution is 5.83. The van der Waals surface area contributed by atoms with Gasteiger partial charge in [0, 0.05) is 17.5 Å². The van der Waals surface area contributed by atoms with Crippen molar-refractivity contribution in [1.29, 1.82) is 0 Å². The van der Waals surface area contributed by atoms with E-state index in [9.17, 15) is 4.79 Å². The van der Waals surface area contributed by atoms with E-state index in [-0.39, 0.29) is 5.97 Å². The molecule has 1 aromatic carbocycles. The van der Waals surface area contributed by atoms with Crippen LogP contribution in [0.25, 0.3) is 0 Å². The number of ether oxygens (including phenoxy) is 1. The smallest absolute Gasteiger partial charge is 0.332 e. The number of anilines is 1. The summed E-state index contributed by atoms with van der Waals surface area (Å²) in [5.41, 5.74) is 2.91. The molecular weight excluding hydrogens is 202 g/mol. The minimum absolute atomic E-state index is 0.319. The number of benzene rings is 1. The van der Waals surface area contributed by atoms with Crippen LogP contribution in [0.3, 0.4) is 0 Å². The quantitative estimate of drug-likeness (QED) is 0.625. The van der Waals surface area contributed by atoms with Crippen LogP contribution in [-0.4, -0.2) is 12.6 Å². The number of carbonyl (C=O) groups excluding carboxylic acids is 1. The molecule has 0 heterocycles. The van der Waals surface area contributed by atoms with E-state index in [0.717, 1.165) is 11.4 Å². The largest absolute Gasteiger partial charge is 0.463 e. The second kappa shape index (κ2) is 5.95. The van der Waals surface area contributed by atoms with Crippen molar-refractivity contribution in [3.8, 4) is 0 Å². The average Bonchev–Trinajstić information content (AvgIpc) is 2.17. The van der Waals surface area contributed by atoms with E-state index in [2.05, 4.69) is 5.32 Å². The van der Waals surface area contributed by atoms with Crippen LogP contribution >= 0.6 is 0 Å². The lowest BCUT2D eigenvalue weighted by Crippen LogP contribution is -2.04. The van der Waals surface area contributed by atoms with Crippen molar-refractivity contribution in [3.63, 3.8) is 0 Å². The van der Waals surface area contributed by atoms with Gasteiger partial charge in [0.05, 0.1) is 6.61 Å². The van der Waals surface area contributed by atoms with Crippen LogP contribution in [0.5, 0.6) is 0 Å². The monoisotopic (exact) mass is 219 g/mol. The summed E-state index contributed by atoms with van der Waals surface area (Å²) in [6, 6.07) is 7.96. The summed E-state index contributed by atoms with van der Waals surface area (Å²) in [7, 11) is 0. The van der Waals surface area contributed by atoms with E-state index in [1.165, 1.54) is 11.6 Å². The molecule has 0 spiro atoms. The highest BCUT2D eigenvalue weighted by atomic mass is 16.5. The molecule has 0 aliphatic rings. The molecule has 0 aliphatic heterocycles. The third-order valence-corrected chi connectivity index (χ3v) is 1.98. The molecule has 1 N–H and O–H groups in total. The molecule has 0 aromatic heterocycles. The van der Waals surface area contributed by atoms with Crippen molar-refractivity contribution in [3.05, 3.63) is 41.6 Å². The Morgan fingerprint density at radius 1 is 1.50 bits per heavy atom. The molecule has 0 amide bonds. The second-order valence-corrected chi connectivity index (χ2v) is 3.57. The fraction of sp³-hybridized carbons (Fsp3) is 0.308. The summed E-state index contributed by atoms with van der Waals surface area (Å²) in [4.78, 5) is 11.2. The maximum Gasteiger partial charge on any atom is 0.332 e. The van der Waals surface area contributed by atoms with Crippen LogP contribution in [0.2, 0.25) is 0 Å². The number of aryl methyl sites for hydroxylation is 1. The first-order valence-corrected chi connectivity index (χ1v) is 5.30. The van der Waals surface area contributed by atoms with Crippen molar-refractivity contribution in [2.45, 2.75) is 20.8 Å². The number of allylic oxidation sites excluding steroid dienone is 1. The van der Waals surface area contributed by atoms with Gasteiger partial charge in [-0.2, -0.15) is 0 Å². The Labute approximate surface area is 96.1 Å². The van der Waals surface area contributed by atoms with Crippen LogP contribution in [0, 0.1) is 6.92 Å². The molecule has 0 fully saturated rings. The Hall–Kier alpha value is -1.77. The number of hydrogen-bond acceptors (Lipinski definition) is 3. The molecule has 3 nitrogen and oxygen atoms in total. The maximum atomic E-state index is 11.2. The Balaban J connectivity index is 2.63. The predicted molar refractivity (Wildman–Crippen MR) is 65.2 cm³/mol. The van der Waals surface area contributed by atoms with Gasteiger partial charge in [-0.1, -0.05) is 12.1 Å². The van der Waals surface area contributed by atoms with E-state index in [1.54, 1.807) is 6.92 Å². The Morgan fingerprint density at radius 2 is 2.25 bits per heavy atom. The molecule has 1 rings (SSSR count). The topological polar surface area (TPSA) is 38.3 Å². The summed E-state index contributed by atoms with van der Waals surface area (Å²) < 4.78 is 4.82. The Morgan fingerprint density at radius 3 is 2.88 bits per heavy atom. The van der Waals surface area contributed by atoms with Gasteiger partial charge in [0.2, 0.25) is 0 Å². The fourth-order valence-corrected chi connectivity index (χ4v) is 1.35. The number of nitrogens with one attached hydrogen (secondary N) is 1. The molecule has 0 radical (unpaired) electrons. The summed E-state index contributed by atoms with van der Waals surface area (Å²) in [5, 5.41) is 3.13. The van der Waals surface area contributed by atoms with Gasteiger partial charge in [0.1, 0.15) is 0 Å². The van der Waals surface area contributed by atoms with Crippen LogP contribution in [0.1, 0.15) is 19.4 Å². The lowest BCUT2D eigenvalue weighted by Gasteiger charge is -2.07. The standard InChI is InChI=1S/C13H17NO2/c1-4-16-13(15)9-11(3)14-12-7-5-6-10(2)8-12/h5-9,14H,4H2,1-3H3.